The van der Waals surface area contributed by atoms with Crippen molar-refractivity contribution in [3.05, 3.63) is 346 Å². The molecule has 2 aliphatic heterocycles. The zero-order valence-electron chi connectivity index (χ0n) is 82.2. The molecule has 7 N–H and O–H groups in total. The van der Waals surface area contributed by atoms with Gasteiger partial charge in [0.1, 0.15) is 42.0 Å². The molecule has 31 heteroatoms. The van der Waals surface area contributed by atoms with Crippen LogP contribution < -0.4 is 42.0 Å². The Morgan fingerprint density at radius 3 is 1.43 bits per heavy atom. The van der Waals surface area contributed by atoms with E-state index in [9.17, 15) is 77.2 Å². The number of carbonyl (C=O) groups excluding carboxylic acids is 7. The van der Waals surface area contributed by atoms with E-state index in [1.807, 2.05) is 164 Å². The number of hydrogen-bond acceptors (Lipinski definition) is 16. The largest absolute Gasteiger partial charge is 0.481 e. The first kappa shape index (κ1) is 109. The van der Waals surface area contributed by atoms with Gasteiger partial charge in [-0.15, -0.1) is 0 Å². The highest BCUT2D eigenvalue weighted by Crippen LogP contribution is 2.41. The fraction of sp³-hybridized carbons (Fsp3) is 0.312. The topological polar surface area (TPSA) is 378 Å². The van der Waals surface area contributed by atoms with Crippen molar-refractivity contribution in [2.45, 2.75) is 197 Å². The van der Waals surface area contributed by atoms with E-state index in [4.69, 9.17) is 39.5 Å². The zero-order valence-corrected chi connectivity index (χ0v) is 84.5. The number of pyridine rings is 5. The summed E-state index contributed by atoms with van der Waals surface area (Å²) in [6.07, 6.45) is 12.7. The summed E-state index contributed by atoms with van der Waals surface area (Å²) in [6.45, 7) is 26.5. The first-order chi connectivity index (χ1) is 68.0. The molecule has 746 valence electrons. The number of carbonyl (C=O) groups is 10. The molecule has 1 fully saturated rings. The van der Waals surface area contributed by atoms with Crippen molar-refractivity contribution in [1.82, 2.24) is 50.3 Å². The lowest BCUT2D eigenvalue weighted by molar-refractivity contribution is -0.144. The van der Waals surface area contributed by atoms with E-state index in [0.717, 1.165) is 101 Å². The van der Waals surface area contributed by atoms with Crippen LogP contribution in [0.25, 0.3) is 44.5 Å². The minimum atomic E-state index is -1.10. The summed E-state index contributed by atoms with van der Waals surface area (Å²) in [5, 5.41) is 41.4. The van der Waals surface area contributed by atoms with Crippen LogP contribution in [0.5, 0.6) is 5.75 Å². The number of hydrogen-bond donors (Lipinski definition) is 7. The molecule has 14 rings (SSSR count). The number of aliphatic carboxylic acids is 3. The minimum absolute atomic E-state index is 0.0176. The number of carboxylic acids is 3. The van der Waals surface area contributed by atoms with Gasteiger partial charge in [0, 0.05) is 118 Å². The van der Waals surface area contributed by atoms with Gasteiger partial charge in [-0.05, 0) is 249 Å². The molecule has 3 unspecified atom stereocenters. The Bertz CT molecular complexity index is 6750. The number of nitrogens with one attached hydrogen (secondary N) is 4. The fourth-order valence-corrected chi connectivity index (χ4v) is 18.5. The summed E-state index contributed by atoms with van der Waals surface area (Å²) >= 11 is 18.8. The van der Waals surface area contributed by atoms with Crippen molar-refractivity contribution in [3.63, 3.8) is 0 Å². The second-order valence-electron chi connectivity index (χ2n) is 37.2. The molecule has 2 aliphatic rings. The van der Waals surface area contributed by atoms with Gasteiger partial charge in [0.2, 0.25) is 29.5 Å². The van der Waals surface area contributed by atoms with Crippen LogP contribution in [0.1, 0.15) is 209 Å². The molecule has 7 aromatic carbocycles. The number of fused-ring (bicyclic) bond motifs is 1. The van der Waals surface area contributed by atoms with Gasteiger partial charge in [0.15, 0.2) is 6.10 Å². The van der Waals surface area contributed by atoms with Gasteiger partial charge in [0.25, 0.3) is 17.0 Å². The Hall–Kier alpha value is -14.6. The number of Topliss-reactive ketones (excluding diaryl/α,β-unsaturated/α-hetero) is 1. The van der Waals surface area contributed by atoms with Crippen LogP contribution in [-0.4, -0.2) is 123 Å². The van der Waals surface area contributed by atoms with Gasteiger partial charge in [-0.2, -0.15) is 0 Å². The maximum atomic E-state index is 14.3. The van der Waals surface area contributed by atoms with E-state index in [0.29, 0.717) is 79.6 Å². The molecular weight excluding hydrogens is 1880 g/mol. The summed E-state index contributed by atoms with van der Waals surface area (Å²) in [5.74, 6) is -5.19. The Labute approximate surface area is 845 Å². The Morgan fingerprint density at radius 2 is 0.923 bits per heavy atom. The van der Waals surface area contributed by atoms with Crippen LogP contribution in [-0.2, 0) is 47.9 Å². The number of ketones is 1. The number of aromatic nitrogens is 5. The number of rotatable bonds is 33. The maximum Gasteiger partial charge on any atom is 0.305 e. The highest BCUT2D eigenvalue weighted by atomic mass is 35.5. The smallest absolute Gasteiger partial charge is 0.305 e. The predicted molar refractivity (Wildman–Crippen MR) is 551 cm³/mol. The van der Waals surface area contributed by atoms with E-state index >= 15 is 0 Å². The third kappa shape index (κ3) is 29.3. The number of amides is 6. The molecule has 143 heavy (non-hydrogen) atoms. The molecule has 9 atom stereocenters. The first-order valence-corrected chi connectivity index (χ1v) is 48.3. The Morgan fingerprint density at radius 1 is 0.469 bits per heavy atom. The highest BCUT2D eigenvalue weighted by molar-refractivity contribution is 6.39. The Kier molecular flexibility index (Phi) is 38.2. The van der Waals surface area contributed by atoms with Crippen LogP contribution >= 0.6 is 34.8 Å². The summed E-state index contributed by atoms with van der Waals surface area (Å²) in [4.78, 5) is 168. The number of ether oxygens (including phenoxy) is 1. The molecule has 5 aromatic heterocycles. The van der Waals surface area contributed by atoms with E-state index in [-0.39, 0.29) is 85.1 Å². The molecule has 0 aliphatic carbocycles. The van der Waals surface area contributed by atoms with E-state index in [2.05, 4.69) is 69.1 Å². The molecule has 0 radical (unpaired) electrons. The lowest BCUT2D eigenvalue weighted by Gasteiger charge is -2.37. The standard InChI is InChI=1S/C31H35N3O3.C28H32FN3O4.C27H25ClN2O5.C26H27Cl2N3O4/c1-20-13-14-28(36)34(19-20)30(24-11-6-5-7-12-24)31(37)33-27(15-23(4)35)25-16-26(18-32-17-25)29-21(2)9-8-10-22(29)3;1-16(2)9-24(32-15-22(29)19(5)10-25(32)33)28(36)31-23(12-26(34)35)20-11-21(14-30-13-20)27-17(3)7-6-8-18(27)4;1-16-6-3-4-9-21(16)18-7-5-8-19(12-18)22(14-26(32)33)29-25(31)15-30-23-13-20(28)10-11-24(23)35-17(2)27(30)34;1-15(2)9-22(31-8-7-16(3)10-23(31)32)26(35)30-21(12-24(33)34)17-11-18(14-29-13-17)25-19(27)5-4-6-20(25)28/h5-12,16-18,20,27,30H,13-15,19H2,1-4H3,(H,33,37);6-8,10-11,13-16,23-24H,9,12H2,1-5H3,(H,31,36)(H,34,35);3-13,17,22H,14-15H2,1-2H3,(H,29,31)(H,32,33);4-8,10-11,13-15,21-22H,9,12H2,1-3H3,(H,30,35)(H,33,34)/t20?,27-,30-;23-,24+;17?,22-;21-,22?/m0001/s1. The van der Waals surface area contributed by atoms with Crippen molar-refractivity contribution in [2.75, 3.05) is 18.0 Å². The molecule has 27 nitrogen and oxygen atoms in total. The van der Waals surface area contributed by atoms with Gasteiger partial charge in [0.05, 0.1) is 49.1 Å². The monoisotopic (exact) mass is 2000 g/mol. The van der Waals surface area contributed by atoms with Gasteiger partial charge in [-0.3, -0.25) is 77.4 Å². The van der Waals surface area contributed by atoms with Crippen LogP contribution in [0.3, 0.4) is 0 Å². The van der Waals surface area contributed by atoms with Gasteiger partial charge < -0.3 is 55.4 Å². The van der Waals surface area contributed by atoms with Crippen molar-refractivity contribution < 1.29 is 72.4 Å². The average Bonchev–Trinajstić information content (AvgIpc) is 0.797. The number of likely N-dealkylation sites (tertiary alicyclic amines) is 1. The fourth-order valence-electron chi connectivity index (χ4n) is 17.7. The van der Waals surface area contributed by atoms with Gasteiger partial charge in [-0.1, -0.05) is 185 Å². The molecule has 6 amide bonds. The first-order valence-electron chi connectivity index (χ1n) is 47.1. The molecular formula is C112H119Cl3FN11O16. The van der Waals surface area contributed by atoms with Crippen molar-refractivity contribution in [3.8, 4) is 50.3 Å². The SMILES string of the molecule is CC(=O)C[C@H](NC(=O)[C@H](c1ccccc1)N1CC(C)CCC1=O)c1cncc(-c2c(C)cccc2C)c1.Cc1cc(=O)n([C@H](CC(C)C)C(=O)N[C@@H](CC(=O)O)c2cncc(-c3c(C)cccc3C)c2)cc1F.Cc1ccccc1-c1cccc([C@H](CC(=O)O)NC(=O)CN2C(=O)C(C)Oc3ccc(Cl)cc32)c1.Cc1ccn(C(CC(C)C)C(=O)N[C@H](CC(=O)O)c2cncc(-c3c(Cl)cccc3Cl)c2)c(=O)c1. The van der Waals surface area contributed by atoms with Crippen molar-refractivity contribution >= 4 is 99.6 Å². The lowest BCUT2D eigenvalue weighted by atomic mass is 9.93. The normalized spacial score (nSPS) is 14.7. The third-order valence-corrected chi connectivity index (χ3v) is 25.6. The minimum Gasteiger partial charge on any atom is -0.481 e. The lowest BCUT2D eigenvalue weighted by Crippen LogP contribution is -2.49. The number of benzene rings is 7. The summed E-state index contributed by atoms with van der Waals surface area (Å²) in [6, 6.07) is 51.0. The highest BCUT2D eigenvalue weighted by Gasteiger charge is 2.39. The number of piperidine rings is 1. The number of halogens is 4. The van der Waals surface area contributed by atoms with Gasteiger partial charge >= 0.3 is 17.9 Å². The quantitative estimate of drug-likeness (QED) is 0.0201. The van der Waals surface area contributed by atoms with E-state index in [1.54, 1.807) is 98.1 Å². The van der Waals surface area contributed by atoms with Crippen LogP contribution in [0.2, 0.25) is 15.1 Å². The predicted octanol–water partition coefficient (Wildman–Crippen LogP) is 20.6. The number of nitrogens with zero attached hydrogens (tertiary/aromatic N) is 7. The van der Waals surface area contributed by atoms with Crippen LogP contribution in [0.4, 0.5) is 10.1 Å². The second kappa shape index (κ2) is 50.2. The maximum absolute atomic E-state index is 14.3. The van der Waals surface area contributed by atoms with Crippen molar-refractivity contribution in [2.24, 2.45) is 17.8 Å². The molecule has 0 spiro atoms. The molecule has 0 bridgehead atoms. The second-order valence-corrected chi connectivity index (χ2v) is 38.4. The number of anilines is 1. The van der Waals surface area contributed by atoms with Crippen LogP contribution in [0, 0.1) is 72.0 Å². The molecule has 7 heterocycles. The number of carboxylic acid groups (broad SMARTS) is 3. The van der Waals surface area contributed by atoms with Crippen molar-refractivity contribution in [1.29, 1.82) is 0 Å². The zero-order chi connectivity index (χ0) is 104. The summed E-state index contributed by atoms with van der Waals surface area (Å²) in [7, 11) is 0. The van der Waals surface area contributed by atoms with Crippen LogP contribution in [0.15, 0.2) is 247 Å². The summed E-state index contributed by atoms with van der Waals surface area (Å²) < 4.78 is 22.4. The van der Waals surface area contributed by atoms with E-state index < -0.39 is 95.4 Å². The average molecular weight is 2000 g/mol. The molecule has 12 aromatic rings. The summed E-state index contributed by atoms with van der Waals surface area (Å²) in [5.41, 5.74) is 16.2. The molecule has 0 saturated carbocycles. The molecule has 1 saturated heterocycles. The Balaban J connectivity index is 0.000000182. The number of aryl methyl sites for hydroxylation is 7. The van der Waals surface area contributed by atoms with Gasteiger partial charge in [-0.25, -0.2) is 4.39 Å². The third-order valence-electron chi connectivity index (χ3n) is 24.7. The van der Waals surface area contributed by atoms with E-state index in [1.165, 1.54) is 41.8 Å².